The van der Waals surface area contributed by atoms with Gasteiger partial charge in [-0.15, -0.1) is 0 Å². The molecule has 1 rings (SSSR count). The molecule has 0 aromatic carbocycles. The van der Waals surface area contributed by atoms with Crippen LogP contribution >= 0.6 is 0 Å². The summed E-state index contributed by atoms with van der Waals surface area (Å²) in [6.07, 6.45) is 1.03. The van der Waals surface area contributed by atoms with Crippen molar-refractivity contribution in [2.24, 2.45) is 0 Å². The third-order valence-electron chi connectivity index (χ3n) is 1.47. The van der Waals surface area contributed by atoms with Gasteiger partial charge >= 0.3 is 11.7 Å². The lowest BCUT2D eigenvalue weighted by Gasteiger charge is -2.05. The number of esters is 1. The lowest BCUT2D eigenvalue weighted by molar-refractivity contribution is -0.385. The summed E-state index contributed by atoms with van der Waals surface area (Å²) in [6, 6.07) is 1.22. The first-order valence-electron chi connectivity index (χ1n) is 4.05. The molecule has 0 saturated heterocycles. The Balaban J connectivity index is 2.90. The van der Waals surface area contributed by atoms with E-state index in [1.165, 1.54) is 12.3 Å². The van der Waals surface area contributed by atoms with E-state index in [1.807, 2.05) is 0 Å². The highest BCUT2D eigenvalue weighted by molar-refractivity contribution is 5.91. The molecule has 0 aliphatic heterocycles. The summed E-state index contributed by atoms with van der Waals surface area (Å²) in [5.41, 5.74) is -0.389. The number of aromatic amines is 1. The number of hydrogen-bond acceptors (Lipinski definition) is 4. The molecule has 0 fully saturated rings. The molecule has 0 spiro atoms. The highest BCUT2D eigenvalue weighted by Gasteiger charge is 2.23. The number of carbonyl (C=O) groups excluding carboxylic acids is 1. The standard InChI is InChI=1S/C8H10N2O4/c1-5(2)14-8(11)7-6(10(12)13)3-4-9-7/h3-5,9H,1-2H3. The minimum Gasteiger partial charge on any atom is -0.458 e. The van der Waals surface area contributed by atoms with Gasteiger partial charge in [-0.1, -0.05) is 0 Å². The molecular formula is C8H10N2O4. The van der Waals surface area contributed by atoms with E-state index in [1.54, 1.807) is 13.8 Å². The second-order valence-electron chi connectivity index (χ2n) is 2.95. The number of H-pyrrole nitrogens is 1. The second-order valence-corrected chi connectivity index (χ2v) is 2.95. The van der Waals surface area contributed by atoms with Crippen LogP contribution in [0.2, 0.25) is 0 Å². The van der Waals surface area contributed by atoms with Gasteiger partial charge in [-0.3, -0.25) is 10.1 Å². The predicted molar refractivity (Wildman–Crippen MR) is 48.0 cm³/mol. The Morgan fingerprint density at radius 1 is 1.64 bits per heavy atom. The topological polar surface area (TPSA) is 85.2 Å². The van der Waals surface area contributed by atoms with Crippen molar-refractivity contribution in [1.29, 1.82) is 0 Å². The number of carbonyl (C=O) groups is 1. The molecule has 14 heavy (non-hydrogen) atoms. The molecule has 0 unspecified atom stereocenters. The monoisotopic (exact) mass is 198 g/mol. The number of nitrogens with one attached hydrogen (secondary N) is 1. The molecule has 6 heteroatoms. The van der Waals surface area contributed by atoms with Crippen molar-refractivity contribution in [2.45, 2.75) is 20.0 Å². The fraction of sp³-hybridized carbons (Fsp3) is 0.375. The fourth-order valence-electron chi connectivity index (χ4n) is 0.950. The summed E-state index contributed by atoms with van der Waals surface area (Å²) in [7, 11) is 0. The minimum atomic E-state index is -0.711. The molecule has 0 aliphatic carbocycles. The van der Waals surface area contributed by atoms with E-state index in [0.717, 1.165) is 0 Å². The van der Waals surface area contributed by atoms with Crippen molar-refractivity contribution in [3.63, 3.8) is 0 Å². The summed E-state index contributed by atoms with van der Waals surface area (Å²) >= 11 is 0. The zero-order valence-corrected chi connectivity index (χ0v) is 7.81. The molecule has 6 nitrogen and oxygen atoms in total. The lowest BCUT2D eigenvalue weighted by Crippen LogP contribution is -2.13. The molecule has 0 bridgehead atoms. The van der Waals surface area contributed by atoms with Crippen molar-refractivity contribution in [1.82, 2.24) is 4.98 Å². The normalized spacial score (nSPS) is 10.2. The number of aromatic nitrogens is 1. The van der Waals surface area contributed by atoms with Gasteiger partial charge in [0.1, 0.15) is 0 Å². The van der Waals surface area contributed by atoms with Gasteiger partial charge in [0.05, 0.1) is 11.0 Å². The molecule has 0 radical (unpaired) electrons. The highest BCUT2D eigenvalue weighted by atomic mass is 16.6. The first-order chi connectivity index (χ1) is 6.52. The van der Waals surface area contributed by atoms with Crippen LogP contribution in [-0.4, -0.2) is 22.0 Å². The van der Waals surface area contributed by atoms with Crippen LogP contribution in [-0.2, 0) is 4.74 Å². The summed E-state index contributed by atoms with van der Waals surface area (Å²) in [5.74, 6) is -0.711. The van der Waals surface area contributed by atoms with E-state index < -0.39 is 10.9 Å². The average molecular weight is 198 g/mol. The Morgan fingerprint density at radius 3 is 2.79 bits per heavy atom. The molecule has 76 valence electrons. The maximum Gasteiger partial charge on any atom is 0.362 e. The molecular weight excluding hydrogens is 188 g/mol. The third-order valence-corrected chi connectivity index (χ3v) is 1.47. The Morgan fingerprint density at radius 2 is 2.29 bits per heavy atom. The van der Waals surface area contributed by atoms with Gasteiger partial charge in [0.15, 0.2) is 0 Å². The first kappa shape index (κ1) is 10.2. The van der Waals surface area contributed by atoms with Crippen LogP contribution in [0.1, 0.15) is 24.3 Å². The van der Waals surface area contributed by atoms with Gasteiger partial charge in [-0.25, -0.2) is 4.79 Å². The van der Waals surface area contributed by atoms with Crippen LogP contribution < -0.4 is 0 Å². The zero-order chi connectivity index (χ0) is 10.7. The van der Waals surface area contributed by atoms with Crippen molar-refractivity contribution in [3.8, 4) is 0 Å². The largest absolute Gasteiger partial charge is 0.458 e. The van der Waals surface area contributed by atoms with Crippen molar-refractivity contribution in [2.75, 3.05) is 0 Å². The van der Waals surface area contributed by atoms with Crippen LogP contribution in [0.4, 0.5) is 5.69 Å². The number of nitrogens with zero attached hydrogens (tertiary/aromatic N) is 1. The first-order valence-corrected chi connectivity index (χ1v) is 4.05. The maximum atomic E-state index is 11.3. The second kappa shape index (κ2) is 3.91. The molecule has 1 aromatic rings. The fourth-order valence-corrected chi connectivity index (χ4v) is 0.950. The Bertz CT molecular complexity index is 356. The smallest absolute Gasteiger partial charge is 0.362 e. The van der Waals surface area contributed by atoms with Crippen LogP contribution in [0.3, 0.4) is 0 Å². The predicted octanol–water partition coefficient (Wildman–Crippen LogP) is 1.49. The van der Waals surface area contributed by atoms with Crippen LogP contribution in [0.25, 0.3) is 0 Å². The Hall–Kier alpha value is -1.85. The number of nitro groups is 1. The molecule has 0 saturated carbocycles. The maximum absolute atomic E-state index is 11.3. The van der Waals surface area contributed by atoms with E-state index in [4.69, 9.17) is 4.74 Å². The van der Waals surface area contributed by atoms with Crippen LogP contribution in [0.5, 0.6) is 0 Å². The van der Waals surface area contributed by atoms with Gasteiger partial charge in [0.2, 0.25) is 5.69 Å². The summed E-state index contributed by atoms with van der Waals surface area (Å²) in [5, 5.41) is 10.5. The highest BCUT2D eigenvalue weighted by Crippen LogP contribution is 2.17. The van der Waals surface area contributed by atoms with Crippen LogP contribution in [0.15, 0.2) is 12.3 Å². The van der Waals surface area contributed by atoms with Crippen molar-refractivity contribution < 1.29 is 14.5 Å². The molecule has 0 amide bonds. The molecule has 0 aliphatic rings. The van der Waals surface area contributed by atoms with E-state index in [9.17, 15) is 14.9 Å². The summed E-state index contributed by atoms with van der Waals surface area (Å²) in [6.45, 7) is 3.35. The van der Waals surface area contributed by atoms with Gasteiger partial charge in [0.25, 0.3) is 0 Å². The summed E-state index contributed by atoms with van der Waals surface area (Å²) < 4.78 is 4.81. The minimum absolute atomic E-state index is 0.122. The van der Waals surface area contributed by atoms with E-state index >= 15 is 0 Å². The van der Waals surface area contributed by atoms with Gasteiger partial charge in [-0.05, 0) is 13.8 Å². The molecule has 0 atom stereocenters. The van der Waals surface area contributed by atoms with Gasteiger partial charge < -0.3 is 9.72 Å². The Labute approximate surface area is 80.0 Å². The molecule has 1 aromatic heterocycles. The van der Waals surface area contributed by atoms with Crippen molar-refractivity contribution >= 4 is 11.7 Å². The van der Waals surface area contributed by atoms with Gasteiger partial charge in [0, 0.05) is 12.3 Å². The van der Waals surface area contributed by atoms with Gasteiger partial charge in [-0.2, -0.15) is 0 Å². The average Bonchev–Trinajstić information content (AvgIpc) is 2.49. The molecule has 1 heterocycles. The SMILES string of the molecule is CC(C)OC(=O)c1[nH]ccc1[N+](=O)[O-]. The zero-order valence-electron chi connectivity index (χ0n) is 7.81. The number of hydrogen-bond donors (Lipinski definition) is 1. The number of ether oxygens (including phenoxy) is 1. The lowest BCUT2D eigenvalue weighted by atomic mass is 10.3. The third kappa shape index (κ3) is 2.09. The van der Waals surface area contributed by atoms with Crippen molar-refractivity contribution in [3.05, 3.63) is 28.1 Å². The quantitative estimate of drug-likeness (QED) is 0.453. The Kier molecular flexibility index (Phi) is 2.85. The number of rotatable bonds is 3. The molecule has 1 N–H and O–H groups in total. The van der Waals surface area contributed by atoms with Crippen LogP contribution in [0, 0.1) is 10.1 Å². The van der Waals surface area contributed by atoms with E-state index in [0.29, 0.717) is 0 Å². The van der Waals surface area contributed by atoms with E-state index in [-0.39, 0.29) is 17.5 Å². The summed E-state index contributed by atoms with van der Waals surface area (Å²) in [4.78, 5) is 23.6. The van der Waals surface area contributed by atoms with E-state index in [2.05, 4.69) is 4.98 Å².